The highest BCUT2D eigenvalue weighted by Gasteiger charge is 2.20. The van der Waals surface area contributed by atoms with E-state index in [0.717, 1.165) is 34.4 Å². The first kappa shape index (κ1) is 15.6. The third-order valence-electron chi connectivity index (χ3n) is 3.51. The predicted molar refractivity (Wildman–Crippen MR) is 82.5 cm³/mol. The number of nitrogens with one attached hydrogen (secondary N) is 1. The van der Waals surface area contributed by atoms with Gasteiger partial charge in [-0.2, -0.15) is 0 Å². The molecule has 0 fully saturated rings. The Morgan fingerprint density at radius 3 is 2.80 bits per heavy atom. The highest BCUT2D eigenvalue weighted by atomic mass is 79.9. The predicted octanol–water partition coefficient (Wildman–Crippen LogP) is 3.03. The van der Waals surface area contributed by atoms with Gasteiger partial charge in [0.2, 0.25) is 0 Å². The van der Waals surface area contributed by atoms with Gasteiger partial charge in [0.25, 0.3) is 0 Å². The van der Waals surface area contributed by atoms with E-state index in [-0.39, 0.29) is 12.6 Å². The summed E-state index contributed by atoms with van der Waals surface area (Å²) in [4.78, 5) is 0. The minimum Gasteiger partial charge on any atom is -0.490 e. The first-order valence-corrected chi connectivity index (χ1v) is 7.91. The molecule has 2 rings (SSSR count). The van der Waals surface area contributed by atoms with Crippen molar-refractivity contribution in [3.63, 3.8) is 0 Å². The molecule has 0 amide bonds. The number of aliphatic hydroxyl groups is 1. The van der Waals surface area contributed by atoms with Crippen molar-refractivity contribution in [1.29, 1.82) is 0 Å². The summed E-state index contributed by atoms with van der Waals surface area (Å²) in [5, 5.41) is 13.0. The van der Waals surface area contributed by atoms with Crippen LogP contribution in [0.15, 0.2) is 16.6 Å². The molecule has 1 aliphatic rings. The van der Waals surface area contributed by atoms with Crippen molar-refractivity contribution in [1.82, 2.24) is 5.32 Å². The molecule has 2 N–H and O–H groups in total. The summed E-state index contributed by atoms with van der Waals surface area (Å²) in [6.07, 6.45) is 1.90. The molecule has 0 aromatic heterocycles. The molecule has 5 heteroatoms. The van der Waals surface area contributed by atoms with Gasteiger partial charge < -0.3 is 19.9 Å². The van der Waals surface area contributed by atoms with Crippen LogP contribution in [0.2, 0.25) is 0 Å². The third-order valence-corrected chi connectivity index (χ3v) is 4.10. The fraction of sp³-hybridized carbons (Fsp3) is 0.600. The van der Waals surface area contributed by atoms with Crippen LogP contribution in [-0.2, 0) is 0 Å². The van der Waals surface area contributed by atoms with Gasteiger partial charge in [0.15, 0.2) is 11.5 Å². The van der Waals surface area contributed by atoms with E-state index in [1.54, 1.807) is 0 Å². The summed E-state index contributed by atoms with van der Waals surface area (Å²) < 4.78 is 12.3. The number of fused-ring (bicyclic) bond motifs is 1. The lowest BCUT2D eigenvalue weighted by Crippen LogP contribution is -2.32. The van der Waals surface area contributed by atoms with Crippen molar-refractivity contribution in [2.75, 3.05) is 19.8 Å². The molecule has 1 aromatic rings. The van der Waals surface area contributed by atoms with Crippen LogP contribution < -0.4 is 14.8 Å². The van der Waals surface area contributed by atoms with Gasteiger partial charge in [-0.25, -0.2) is 0 Å². The monoisotopic (exact) mass is 343 g/mol. The molecule has 2 unspecified atom stereocenters. The molecule has 0 bridgehead atoms. The number of hydrogen-bond acceptors (Lipinski definition) is 4. The van der Waals surface area contributed by atoms with Gasteiger partial charge >= 0.3 is 0 Å². The highest BCUT2D eigenvalue weighted by molar-refractivity contribution is 9.10. The molecule has 0 spiro atoms. The number of hydrogen-bond donors (Lipinski definition) is 2. The van der Waals surface area contributed by atoms with E-state index in [2.05, 4.69) is 35.1 Å². The first-order valence-electron chi connectivity index (χ1n) is 7.11. The van der Waals surface area contributed by atoms with Crippen LogP contribution >= 0.6 is 15.9 Å². The van der Waals surface area contributed by atoms with Crippen LogP contribution in [0.1, 0.15) is 38.3 Å². The summed E-state index contributed by atoms with van der Waals surface area (Å²) in [6.45, 7) is 5.61. The Bertz CT molecular complexity index is 453. The SMILES string of the molecule is CCC(C)NC(CO)c1cc(Br)c2c(c1)OCCCO2. The van der Waals surface area contributed by atoms with Gasteiger partial charge in [-0.1, -0.05) is 6.92 Å². The number of benzene rings is 1. The second-order valence-corrected chi connectivity index (χ2v) is 5.95. The van der Waals surface area contributed by atoms with Crippen molar-refractivity contribution in [3.05, 3.63) is 22.2 Å². The lowest BCUT2D eigenvalue weighted by molar-refractivity contribution is 0.233. The molecule has 1 aromatic carbocycles. The van der Waals surface area contributed by atoms with E-state index in [4.69, 9.17) is 9.47 Å². The summed E-state index contributed by atoms with van der Waals surface area (Å²) in [5.41, 5.74) is 1.00. The number of aliphatic hydroxyl groups excluding tert-OH is 1. The summed E-state index contributed by atoms with van der Waals surface area (Å²) >= 11 is 3.53. The highest BCUT2D eigenvalue weighted by Crippen LogP contribution is 2.39. The van der Waals surface area contributed by atoms with E-state index in [1.165, 1.54) is 0 Å². The van der Waals surface area contributed by atoms with Crippen molar-refractivity contribution < 1.29 is 14.6 Å². The summed E-state index contributed by atoms with van der Waals surface area (Å²) in [6, 6.07) is 4.20. The average Bonchev–Trinajstić information content (AvgIpc) is 2.70. The van der Waals surface area contributed by atoms with Crippen LogP contribution in [0.3, 0.4) is 0 Å². The van der Waals surface area contributed by atoms with E-state index in [1.807, 2.05) is 12.1 Å². The molecule has 20 heavy (non-hydrogen) atoms. The van der Waals surface area contributed by atoms with Crippen LogP contribution in [0.5, 0.6) is 11.5 Å². The normalized spacial score (nSPS) is 17.4. The van der Waals surface area contributed by atoms with Gasteiger partial charge in [0.1, 0.15) is 0 Å². The third kappa shape index (κ3) is 3.65. The second-order valence-electron chi connectivity index (χ2n) is 5.09. The Balaban J connectivity index is 2.27. The molecule has 0 saturated heterocycles. The van der Waals surface area contributed by atoms with Gasteiger partial charge in [-0.15, -0.1) is 0 Å². The molecule has 0 radical (unpaired) electrons. The summed E-state index contributed by atoms with van der Waals surface area (Å²) in [7, 11) is 0. The molecule has 0 saturated carbocycles. The maximum atomic E-state index is 9.62. The van der Waals surface area contributed by atoms with Crippen LogP contribution in [-0.4, -0.2) is 31.0 Å². The van der Waals surface area contributed by atoms with Crippen LogP contribution in [0, 0.1) is 0 Å². The smallest absolute Gasteiger partial charge is 0.175 e. The molecule has 4 nitrogen and oxygen atoms in total. The molecule has 0 aliphatic carbocycles. The van der Waals surface area contributed by atoms with E-state index in [0.29, 0.717) is 19.3 Å². The number of rotatable bonds is 5. The largest absolute Gasteiger partial charge is 0.490 e. The first-order chi connectivity index (χ1) is 9.65. The van der Waals surface area contributed by atoms with Gasteiger partial charge in [0.05, 0.1) is 30.3 Å². The topological polar surface area (TPSA) is 50.7 Å². The molecule has 112 valence electrons. The van der Waals surface area contributed by atoms with Crippen molar-refractivity contribution in [3.8, 4) is 11.5 Å². The van der Waals surface area contributed by atoms with Crippen molar-refractivity contribution >= 4 is 15.9 Å². The van der Waals surface area contributed by atoms with Crippen LogP contribution in [0.25, 0.3) is 0 Å². The lowest BCUT2D eigenvalue weighted by atomic mass is 10.1. The zero-order chi connectivity index (χ0) is 14.5. The maximum Gasteiger partial charge on any atom is 0.175 e. The fourth-order valence-corrected chi connectivity index (χ4v) is 2.74. The lowest BCUT2D eigenvalue weighted by Gasteiger charge is -2.22. The van der Waals surface area contributed by atoms with Crippen LogP contribution in [0.4, 0.5) is 0 Å². The second kappa shape index (κ2) is 7.29. The van der Waals surface area contributed by atoms with E-state index in [9.17, 15) is 5.11 Å². The maximum absolute atomic E-state index is 9.62. The Labute approximate surface area is 128 Å². The minimum absolute atomic E-state index is 0.0520. The Morgan fingerprint density at radius 1 is 1.35 bits per heavy atom. The Morgan fingerprint density at radius 2 is 2.10 bits per heavy atom. The molecular formula is C15H22BrNO3. The number of halogens is 1. The molecule has 1 heterocycles. The standard InChI is InChI=1S/C15H22BrNO3/c1-3-10(2)17-13(9-18)11-7-12(16)15-14(8-11)19-5-4-6-20-15/h7-8,10,13,17-18H,3-6,9H2,1-2H3. The molecule has 1 aliphatic heterocycles. The minimum atomic E-state index is -0.0987. The van der Waals surface area contributed by atoms with Gasteiger partial charge in [0, 0.05) is 12.5 Å². The Kier molecular flexibility index (Phi) is 5.69. The zero-order valence-corrected chi connectivity index (χ0v) is 13.6. The van der Waals surface area contributed by atoms with Gasteiger partial charge in [-0.3, -0.25) is 0 Å². The van der Waals surface area contributed by atoms with E-state index < -0.39 is 0 Å². The van der Waals surface area contributed by atoms with Gasteiger partial charge in [-0.05, 0) is 47.0 Å². The number of ether oxygens (including phenoxy) is 2. The summed E-state index contributed by atoms with van der Waals surface area (Å²) in [5.74, 6) is 1.50. The quantitative estimate of drug-likeness (QED) is 0.862. The van der Waals surface area contributed by atoms with E-state index >= 15 is 0 Å². The van der Waals surface area contributed by atoms with Crippen molar-refractivity contribution in [2.45, 2.75) is 38.8 Å². The average molecular weight is 344 g/mol. The zero-order valence-electron chi connectivity index (χ0n) is 12.0. The molecular weight excluding hydrogens is 322 g/mol. The Hall–Kier alpha value is -0.780. The molecule has 2 atom stereocenters. The fourth-order valence-electron chi connectivity index (χ4n) is 2.17. The van der Waals surface area contributed by atoms with Crippen molar-refractivity contribution in [2.24, 2.45) is 0 Å².